The highest BCUT2D eigenvalue weighted by Gasteiger charge is 2.10. The van der Waals surface area contributed by atoms with E-state index < -0.39 is 0 Å². The average molecular weight is 326 g/mol. The molecule has 25 heavy (non-hydrogen) atoms. The first kappa shape index (κ1) is 14.8. The van der Waals surface area contributed by atoms with E-state index in [1.807, 2.05) is 42.6 Å². The van der Waals surface area contributed by atoms with Crippen molar-refractivity contribution in [3.63, 3.8) is 0 Å². The van der Waals surface area contributed by atoms with Crippen molar-refractivity contribution >= 4 is 16.7 Å². The van der Waals surface area contributed by atoms with Gasteiger partial charge in [-0.1, -0.05) is 18.2 Å². The van der Waals surface area contributed by atoms with Crippen LogP contribution in [0.25, 0.3) is 22.2 Å². The van der Waals surface area contributed by atoms with Gasteiger partial charge in [0.25, 0.3) is 0 Å². The Morgan fingerprint density at radius 1 is 1.12 bits per heavy atom. The van der Waals surface area contributed by atoms with Gasteiger partial charge in [0, 0.05) is 23.3 Å². The predicted molar refractivity (Wildman–Crippen MR) is 95.4 cm³/mol. The average Bonchev–Trinajstić information content (AvgIpc) is 3.05. The van der Waals surface area contributed by atoms with Crippen molar-refractivity contribution in [3.8, 4) is 17.3 Å². The number of benzene rings is 1. The fraction of sp³-hybridized carbons (Fsp3) is 0.0526. The molecule has 1 aromatic carbocycles. The highest BCUT2D eigenvalue weighted by Crippen LogP contribution is 2.26. The molecule has 0 bridgehead atoms. The molecule has 6 heteroatoms. The maximum Gasteiger partial charge on any atom is 0.152 e. The number of nitrogens with two attached hydrogens (primary N) is 1. The minimum atomic E-state index is 0.370. The molecule has 0 amide bonds. The smallest absolute Gasteiger partial charge is 0.152 e. The lowest BCUT2D eigenvalue weighted by Crippen LogP contribution is -2.02. The molecule has 4 aromatic rings. The molecule has 0 saturated carbocycles. The van der Waals surface area contributed by atoms with E-state index in [0.29, 0.717) is 23.4 Å². The number of hydrogen-bond donors (Lipinski definition) is 1. The van der Waals surface area contributed by atoms with Gasteiger partial charge in [0.15, 0.2) is 5.82 Å². The van der Waals surface area contributed by atoms with Crippen molar-refractivity contribution in [1.82, 2.24) is 19.7 Å². The Hall–Kier alpha value is -3.72. The van der Waals surface area contributed by atoms with Crippen LogP contribution in [-0.4, -0.2) is 19.7 Å². The Morgan fingerprint density at radius 3 is 2.84 bits per heavy atom. The number of pyridine rings is 2. The Morgan fingerprint density at radius 2 is 2.04 bits per heavy atom. The van der Waals surface area contributed by atoms with E-state index >= 15 is 0 Å². The normalized spacial score (nSPS) is 10.7. The van der Waals surface area contributed by atoms with E-state index in [1.165, 1.54) is 0 Å². The highest BCUT2D eigenvalue weighted by molar-refractivity contribution is 5.90. The molecule has 3 heterocycles. The summed E-state index contributed by atoms with van der Waals surface area (Å²) >= 11 is 0. The molecule has 0 aliphatic heterocycles. The molecule has 0 unspecified atom stereocenters. The first-order valence-electron chi connectivity index (χ1n) is 7.77. The molecule has 6 nitrogen and oxygen atoms in total. The molecule has 2 N–H and O–H groups in total. The second-order valence-electron chi connectivity index (χ2n) is 5.67. The quantitative estimate of drug-likeness (QED) is 0.624. The predicted octanol–water partition coefficient (Wildman–Crippen LogP) is 3.00. The number of rotatable bonds is 3. The maximum atomic E-state index is 9.06. The summed E-state index contributed by atoms with van der Waals surface area (Å²) in [6.07, 6.45) is 3.69. The fourth-order valence-electron chi connectivity index (χ4n) is 2.74. The molecule has 4 rings (SSSR count). The van der Waals surface area contributed by atoms with E-state index in [4.69, 9.17) is 11.0 Å². The number of nitrogens with zero attached hydrogens (tertiary/aromatic N) is 5. The van der Waals surface area contributed by atoms with Crippen LogP contribution in [0.3, 0.4) is 0 Å². The lowest BCUT2D eigenvalue weighted by atomic mass is 10.1. The minimum absolute atomic E-state index is 0.370. The van der Waals surface area contributed by atoms with Crippen molar-refractivity contribution < 1.29 is 0 Å². The Bertz CT molecular complexity index is 1090. The van der Waals surface area contributed by atoms with Gasteiger partial charge < -0.3 is 5.73 Å². The summed E-state index contributed by atoms with van der Waals surface area (Å²) in [5, 5.41) is 14.5. The van der Waals surface area contributed by atoms with E-state index in [-0.39, 0.29) is 0 Å². The van der Waals surface area contributed by atoms with Gasteiger partial charge in [-0.25, -0.2) is 4.98 Å². The van der Waals surface area contributed by atoms with Crippen molar-refractivity contribution in [2.75, 3.05) is 5.73 Å². The largest absolute Gasteiger partial charge is 0.382 e. The number of hydrogen-bond acceptors (Lipinski definition) is 5. The van der Waals surface area contributed by atoms with E-state index in [1.54, 1.807) is 23.0 Å². The third-order valence-corrected chi connectivity index (χ3v) is 3.90. The summed E-state index contributed by atoms with van der Waals surface area (Å²) in [4.78, 5) is 8.76. The van der Waals surface area contributed by atoms with Crippen LogP contribution in [0, 0.1) is 11.3 Å². The van der Waals surface area contributed by atoms with Crippen LogP contribution >= 0.6 is 0 Å². The first-order chi connectivity index (χ1) is 12.2. The molecule has 3 aromatic heterocycles. The standard InChI is InChI=1S/C19H14N6/c20-10-13-4-3-5-14(8-13)17-9-15-11-25(24-18(15)19(21)23-17)12-16-6-1-2-7-22-16/h1-9,11H,12H2,(H2,21,23). The Labute approximate surface area is 144 Å². The van der Waals surface area contributed by atoms with Crippen LogP contribution in [0.4, 0.5) is 5.82 Å². The topological polar surface area (TPSA) is 93.4 Å². The number of nitrogen functional groups attached to an aromatic ring is 1. The molecule has 0 atom stereocenters. The van der Waals surface area contributed by atoms with E-state index in [0.717, 1.165) is 22.3 Å². The zero-order chi connectivity index (χ0) is 17.2. The van der Waals surface area contributed by atoms with Gasteiger partial charge in [0.1, 0.15) is 5.52 Å². The summed E-state index contributed by atoms with van der Waals surface area (Å²) in [6.45, 7) is 0.564. The van der Waals surface area contributed by atoms with E-state index in [2.05, 4.69) is 21.1 Å². The summed E-state index contributed by atoms with van der Waals surface area (Å²) in [5.74, 6) is 0.370. The SMILES string of the molecule is N#Cc1cccc(-c2cc3cn(Cc4ccccn4)nc3c(N)n2)c1. The summed E-state index contributed by atoms with van der Waals surface area (Å²) in [5.41, 5.74) is 9.85. The van der Waals surface area contributed by atoms with E-state index in [9.17, 15) is 0 Å². The number of fused-ring (bicyclic) bond motifs is 1. The lowest BCUT2D eigenvalue weighted by Gasteiger charge is -2.03. The van der Waals surface area contributed by atoms with Gasteiger partial charge in [0.05, 0.1) is 29.6 Å². The lowest BCUT2D eigenvalue weighted by molar-refractivity contribution is 0.681. The summed E-state index contributed by atoms with van der Waals surface area (Å²) in [6, 6.07) is 17.2. The van der Waals surface area contributed by atoms with Gasteiger partial charge in [0.2, 0.25) is 0 Å². The fourth-order valence-corrected chi connectivity index (χ4v) is 2.74. The molecule has 0 saturated heterocycles. The zero-order valence-electron chi connectivity index (χ0n) is 13.3. The van der Waals surface area contributed by atoms with Crippen LogP contribution in [0.15, 0.2) is 60.9 Å². The van der Waals surface area contributed by atoms with Crippen molar-refractivity contribution in [3.05, 3.63) is 72.2 Å². The van der Waals surface area contributed by atoms with Crippen LogP contribution in [0.5, 0.6) is 0 Å². The Kier molecular flexibility index (Phi) is 3.60. The second-order valence-corrected chi connectivity index (χ2v) is 5.67. The van der Waals surface area contributed by atoms with Gasteiger partial charge in [-0.2, -0.15) is 10.4 Å². The van der Waals surface area contributed by atoms with Crippen LogP contribution in [0.2, 0.25) is 0 Å². The minimum Gasteiger partial charge on any atom is -0.382 e. The van der Waals surface area contributed by atoms with Gasteiger partial charge in [-0.15, -0.1) is 0 Å². The zero-order valence-corrected chi connectivity index (χ0v) is 13.3. The molecule has 0 aliphatic rings. The maximum absolute atomic E-state index is 9.06. The molecular formula is C19H14N6. The molecule has 0 radical (unpaired) electrons. The number of aromatic nitrogens is 4. The van der Waals surface area contributed by atoms with Crippen molar-refractivity contribution in [2.45, 2.75) is 6.54 Å². The van der Waals surface area contributed by atoms with Crippen molar-refractivity contribution in [2.24, 2.45) is 0 Å². The number of nitriles is 1. The summed E-state index contributed by atoms with van der Waals surface area (Å²) in [7, 11) is 0. The molecular weight excluding hydrogens is 312 g/mol. The van der Waals surface area contributed by atoms with Crippen molar-refractivity contribution in [1.29, 1.82) is 5.26 Å². The molecule has 0 fully saturated rings. The highest BCUT2D eigenvalue weighted by atomic mass is 15.3. The summed E-state index contributed by atoms with van der Waals surface area (Å²) < 4.78 is 1.81. The molecule has 120 valence electrons. The Balaban J connectivity index is 1.75. The number of anilines is 1. The van der Waals surface area contributed by atoms with Gasteiger partial charge in [-0.3, -0.25) is 9.67 Å². The van der Waals surface area contributed by atoms with Crippen LogP contribution in [-0.2, 0) is 6.54 Å². The van der Waals surface area contributed by atoms with Crippen LogP contribution < -0.4 is 5.73 Å². The third kappa shape index (κ3) is 2.91. The molecule has 0 aliphatic carbocycles. The van der Waals surface area contributed by atoms with Crippen LogP contribution in [0.1, 0.15) is 11.3 Å². The monoisotopic (exact) mass is 326 g/mol. The van der Waals surface area contributed by atoms with Gasteiger partial charge >= 0.3 is 0 Å². The second kappa shape index (κ2) is 6.06. The first-order valence-corrected chi connectivity index (χ1v) is 7.77. The molecule has 0 spiro atoms. The third-order valence-electron chi connectivity index (χ3n) is 3.90. The van der Waals surface area contributed by atoms with Gasteiger partial charge in [-0.05, 0) is 30.3 Å².